The third-order valence-corrected chi connectivity index (χ3v) is 6.13. The molecule has 132 valence electrons. The van der Waals surface area contributed by atoms with Crippen molar-refractivity contribution in [2.75, 3.05) is 5.32 Å². The molecule has 0 aliphatic heterocycles. The van der Waals surface area contributed by atoms with Crippen molar-refractivity contribution in [1.29, 1.82) is 5.26 Å². The van der Waals surface area contributed by atoms with Gasteiger partial charge in [-0.3, -0.25) is 0 Å². The van der Waals surface area contributed by atoms with E-state index >= 15 is 0 Å². The van der Waals surface area contributed by atoms with Crippen LogP contribution in [0.3, 0.4) is 0 Å². The molecule has 27 heavy (non-hydrogen) atoms. The molecule has 1 atom stereocenters. The van der Waals surface area contributed by atoms with Gasteiger partial charge in [-0.2, -0.15) is 5.26 Å². The second kappa shape index (κ2) is 6.57. The van der Waals surface area contributed by atoms with E-state index in [4.69, 9.17) is 0 Å². The number of hydrogen-bond donors (Lipinski definition) is 2. The smallest absolute Gasteiger partial charge is 0.140 e. The highest BCUT2D eigenvalue weighted by molar-refractivity contribution is 7.10. The van der Waals surface area contributed by atoms with Crippen LogP contribution in [0.5, 0.6) is 0 Å². The van der Waals surface area contributed by atoms with Crippen molar-refractivity contribution in [3.8, 4) is 17.2 Å². The molecule has 1 fully saturated rings. The molecule has 1 aliphatic rings. The van der Waals surface area contributed by atoms with Gasteiger partial charge in [0.1, 0.15) is 6.04 Å². The zero-order chi connectivity index (χ0) is 18.2. The molecule has 0 bridgehead atoms. The number of hydrogen-bond acceptors (Lipinski definition) is 4. The number of nitriles is 1. The van der Waals surface area contributed by atoms with E-state index in [0.717, 1.165) is 28.2 Å². The van der Waals surface area contributed by atoms with Crippen molar-refractivity contribution in [2.24, 2.45) is 0 Å². The minimum Gasteiger partial charge on any atom is -0.366 e. The normalized spacial score (nSPS) is 14.8. The van der Waals surface area contributed by atoms with Crippen LogP contribution in [0, 0.1) is 11.3 Å². The molecular formula is C22H18N4S. The number of fused-ring (bicyclic) bond motifs is 1. The molecule has 0 spiro atoms. The number of aromatic amines is 1. The van der Waals surface area contributed by atoms with Crippen LogP contribution < -0.4 is 5.32 Å². The Balaban J connectivity index is 1.36. The summed E-state index contributed by atoms with van der Waals surface area (Å²) >= 11 is 1.86. The average Bonchev–Trinajstić information content (AvgIpc) is 3.25. The van der Waals surface area contributed by atoms with Gasteiger partial charge in [0.15, 0.2) is 0 Å². The third kappa shape index (κ3) is 3.20. The number of anilines is 1. The first kappa shape index (κ1) is 16.1. The summed E-state index contributed by atoms with van der Waals surface area (Å²) < 4.78 is 0. The highest BCUT2D eigenvalue weighted by Crippen LogP contribution is 2.44. The van der Waals surface area contributed by atoms with Gasteiger partial charge in [-0.15, -0.1) is 11.3 Å². The van der Waals surface area contributed by atoms with Gasteiger partial charge >= 0.3 is 0 Å². The number of benzene rings is 2. The Bertz CT molecular complexity index is 1130. The minimum atomic E-state index is -0.399. The molecule has 5 rings (SSSR count). The van der Waals surface area contributed by atoms with Crippen LogP contribution in [0.25, 0.3) is 22.2 Å². The molecule has 2 aromatic carbocycles. The van der Waals surface area contributed by atoms with Gasteiger partial charge in [0.25, 0.3) is 0 Å². The highest BCUT2D eigenvalue weighted by Gasteiger charge is 2.25. The number of nitrogens with one attached hydrogen (secondary N) is 2. The lowest BCUT2D eigenvalue weighted by Crippen LogP contribution is -2.08. The van der Waals surface area contributed by atoms with Gasteiger partial charge in [0, 0.05) is 10.6 Å². The lowest BCUT2D eigenvalue weighted by molar-refractivity contribution is 0.999. The van der Waals surface area contributed by atoms with E-state index in [0.29, 0.717) is 0 Å². The number of H-pyrrole nitrogens is 1. The molecule has 0 radical (unpaired) electrons. The Labute approximate surface area is 161 Å². The predicted octanol–water partition coefficient (Wildman–Crippen LogP) is 5.85. The van der Waals surface area contributed by atoms with Crippen molar-refractivity contribution in [2.45, 2.75) is 24.8 Å². The number of imidazole rings is 1. The number of rotatable bonds is 5. The van der Waals surface area contributed by atoms with E-state index in [1.165, 1.54) is 28.8 Å². The van der Waals surface area contributed by atoms with Gasteiger partial charge < -0.3 is 10.3 Å². The molecule has 4 aromatic rings. The predicted molar refractivity (Wildman–Crippen MR) is 110 cm³/mol. The van der Waals surface area contributed by atoms with Crippen LogP contribution in [-0.2, 0) is 0 Å². The SMILES string of the molecule is N#CC(Nc1ccc2nc[nH]c2c1)c1ccc(-c2csc(C3CC3)c2)cc1. The second-order valence-corrected chi connectivity index (χ2v) is 7.92. The van der Waals surface area contributed by atoms with Crippen molar-refractivity contribution < 1.29 is 0 Å². The summed E-state index contributed by atoms with van der Waals surface area (Å²) in [4.78, 5) is 8.82. The van der Waals surface area contributed by atoms with Gasteiger partial charge in [-0.25, -0.2) is 4.98 Å². The first-order valence-corrected chi connectivity index (χ1v) is 9.96. The summed E-state index contributed by atoms with van der Waals surface area (Å²) in [6, 6.07) is 18.5. The van der Waals surface area contributed by atoms with Gasteiger partial charge in [0.05, 0.1) is 23.4 Å². The van der Waals surface area contributed by atoms with E-state index in [-0.39, 0.29) is 0 Å². The summed E-state index contributed by atoms with van der Waals surface area (Å²) in [5.41, 5.74) is 6.21. The molecule has 0 saturated heterocycles. The quantitative estimate of drug-likeness (QED) is 0.463. The number of nitrogens with zero attached hydrogens (tertiary/aromatic N) is 2. The first-order valence-electron chi connectivity index (χ1n) is 9.08. The average molecular weight is 370 g/mol. The molecule has 0 amide bonds. The maximum atomic E-state index is 9.64. The zero-order valence-electron chi connectivity index (χ0n) is 14.6. The fourth-order valence-corrected chi connectivity index (χ4v) is 4.43. The fourth-order valence-electron chi connectivity index (χ4n) is 3.34. The first-order chi connectivity index (χ1) is 13.3. The van der Waals surface area contributed by atoms with Crippen molar-refractivity contribution >= 4 is 28.1 Å². The Kier molecular flexibility index (Phi) is 3.92. The Morgan fingerprint density at radius 3 is 2.74 bits per heavy atom. The molecule has 1 unspecified atom stereocenters. The summed E-state index contributed by atoms with van der Waals surface area (Å²) in [6.07, 6.45) is 4.34. The van der Waals surface area contributed by atoms with E-state index in [1.54, 1.807) is 6.33 Å². The van der Waals surface area contributed by atoms with Gasteiger partial charge in [-0.05, 0) is 65.1 Å². The van der Waals surface area contributed by atoms with Crippen LogP contribution >= 0.6 is 11.3 Å². The molecular weight excluding hydrogens is 352 g/mol. The van der Waals surface area contributed by atoms with Crippen molar-refractivity contribution in [3.63, 3.8) is 0 Å². The Hall–Kier alpha value is -3.10. The van der Waals surface area contributed by atoms with E-state index in [1.807, 2.05) is 41.7 Å². The molecule has 1 aliphatic carbocycles. The third-order valence-electron chi connectivity index (χ3n) is 5.04. The topological polar surface area (TPSA) is 64.5 Å². The molecule has 2 N–H and O–H groups in total. The van der Waals surface area contributed by atoms with Crippen molar-refractivity contribution in [3.05, 3.63) is 70.7 Å². The summed E-state index contributed by atoms with van der Waals surface area (Å²) in [6.45, 7) is 0. The monoisotopic (exact) mass is 370 g/mol. The summed E-state index contributed by atoms with van der Waals surface area (Å²) in [7, 11) is 0. The maximum absolute atomic E-state index is 9.64. The van der Waals surface area contributed by atoms with Gasteiger partial charge in [0.2, 0.25) is 0 Å². The lowest BCUT2D eigenvalue weighted by Gasteiger charge is -2.14. The van der Waals surface area contributed by atoms with Crippen LogP contribution in [0.1, 0.15) is 35.2 Å². The number of aromatic nitrogens is 2. The Morgan fingerprint density at radius 1 is 1.11 bits per heavy atom. The summed E-state index contributed by atoms with van der Waals surface area (Å²) in [5, 5.41) is 15.2. The van der Waals surface area contributed by atoms with Crippen LogP contribution in [0.2, 0.25) is 0 Å². The molecule has 5 heteroatoms. The maximum Gasteiger partial charge on any atom is 0.140 e. The standard InChI is InChI=1S/C22H18N4S/c23-11-21(26-18-7-8-19-20(10-18)25-13-24-19)15-3-1-14(2-4-15)17-9-22(27-12-17)16-5-6-16/h1-4,7-10,12-13,16,21,26H,5-6H2,(H,24,25). The molecule has 2 heterocycles. The Morgan fingerprint density at radius 2 is 1.96 bits per heavy atom. The highest BCUT2D eigenvalue weighted by atomic mass is 32.1. The lowest BCUT2D eigenvalue weighted by atomic mass is 10.0. The van der Waals surface area contributed by atoms with E-state index in [2.05, 4.69) is 44.9 Å². The molecule has 4 nitrogen and oxygen atoms in total. The van der Waals surface area contributed by atoms with Crippen LogP contribution in [0.15, 0.2) is 60.2 Å². The zero-order valence-corrected chi connectivity index (χ0v) is 15.5. The van der Waals surface area contributed by atoms with E-state index in [9.17, 15) is 5.26 Å². The van der Waals surface area contributed by atoms with E-state index < -0.39 is 6.04 Å². The fraction of sp³-hybridized carbons (Fsp3) is 0.182. The summed E-state index contributed by atoms with van der Waals surface area (Å²) in [5.74, 6) is 0.794. The molecule has 2 aromatic heterocycles. The largest absolute Gasteiger partial charge is 0.366 e. The van der Waals surface area contributed by atoms with Crippen molar-refractivity contribution in [1.82, 2.24) is 9.97 Å². The minimum absolute atomic E-state index is 0.399. The molecule has 1 saturated carbocycles. The van der Waals surface area contributed by atoms with Crippen LogP contribution in [0.4, 0.5) is 5.69 Å². The number of thiophene rings is 1. The van der Waals surface area contributed by atoms with Crippen LogP contribution in [-0.4, -0.2) is 9.97 Å². The second-order valence-electron chi connectivity index (χ2n) is 6.97. The van der Waals surface area contributed by atoms with Gasteiger partial charge in [-0.1, -0.05) is 24.3 Å².